The second-order valence-corrected chi connectivity index (χ2v) is 11.4. The minimum Gasteiger partial charge on any atom is -0.497 e. The lowest BCUT2D eigenvalue weighted by molar-refractivity contribution is -0.123. The van der Waals surface area contributed by atoms with Gasteiger partial charge in [-0.3, -0.25) is 14.5 Å². The summed E-state index contributed by atoms with van der Waals surface area (Å²) in [7, 11) is 3.25. The van der Waals surface area contributed by atoms with Crippen molar-refractivity contribution >= 4 is 29.4 Å². The molecule has 6 rings (SSSR count). The number of amides is 2. The first-order valence-electron chi connectivity index (χ1n) is 14.1. The first-order valence-corrected chi connectivity index (χ1v) is 15.2. The monoisotopic (exact) mass is 608 g/mol. The van der Waals surface area contributed by atoms with Gasteiger partial charge in [0, 0.05) is 16.7 Å². The Kier molecular flexibility index (Phi) is 8.42. The van der Waals surface area contributed by atoms with E-state index in [0.717, 1.165) is 27.9 Å². The molecule has 44 heavy (non-hydrogen) atoms. The molecule has 9 nitrogen and oxygen atoms in total. The molecule has 0 unspecified atom stereocenters. The van der Waals surface area contributed by atoms with E-state index in [1.165, 1.54) is 11.8 Å². The summed E-state index contributed by atoms with van der Waals surface area (Å²) >= 11 is 1.47. The summed E-state index contributed by atoms with van der Waals surface area (Å²) in [4.78, 5) is 28.9. The molecule has 1 N–H and O–H groups in total. The number of nitrogens with one attached hydrogen (secondary N) is 1. The number of carbonyl (C=O) groups excluding carboxylic acids is 2. The summed E-state index contributed by atoms with van der Waals surface area (Å²) in [5, 5.41) is 7.67. The number of thioether (sulfide) groups is 1. The van der Waals surface area contributed by atoms with Crippen LogP contribution in [0.1, 0.15) is 27.7 Å². The summed E-state index contributed by atoms with van der Waals surface area (Å²) in [6.45, 7) is 2.03. The molecule has 0 saturated heterocycles. The highest BCUT2D eigenvalue weighted by molar-refractivity contribution is 8.00. The van der Waals surface area contributed by atoms with Gasteiger partial charge in [-0.25, -0.2) is 4.68 Å². The van der Waals surface area contributed by atoms with E-state index in [4.69, 9.17) is 19.0 Å². The molecule has 1 atom stereocenters. The van der Waals surface area contributed by atoms with Crippen LogP contribution in [0.2, 0.25) is 0 Å². The molecule has 224 valence electrons. The van der Waals surface area contributed by atoms with E-state index in [0.29, 0.717) is 28.8 Å². The van der Waals surface area contributed by atoms with Crippen LogP contribution in [-0.2, 0) is 16.1 Å². The van der Waals surface area contributed by atoms with Crippen molar-refractivity contribution in [1.29, 1.82) is 0 Å². The highest BCUT2D eigenvalue weighted by atomic mass is 32.2. The number of anilines is 1. The van der Waals surface area contributed by atoms with E-state index in [-0.39, 0.29) is 35.9 Å². The van der Waals surface area contributed by atoms with Gasteiger partial charge in [0.15, 0.2) is 0 Å². The van der Waals surface area contributed by atoms with Gasteiger partial charge in [-0.1, -0.05) is 42.5 Å². The Bertz CT molecular complexity index is 1780. The summed E-state index contributed by atoms with van der Waals surface area (Å²) in [5.74, 6) is 2.09. The van der Waals surface area contributed by atoms with Crippen molar-refractivity contribution in [2.24, 2.45) is 0 Å². The predicted octanol–water partition coefficient (Wildman–Crippen LogP) is 5.94. The highest BCUT2D eigenvalue weighted by Gasteiger charge is 2.38. The number of methoxy groups -OCH3 is 2. The summed E-state index contributed by atoms with van der Waals surface area (Å²) in [6, 6.07) is 27.0. The Morgan fingerprint density at radius 3 is 2.59 bits per heavy atom. The third-order valence-corrected chi connectivity index (χ3v) is 8.68. The van der Waals surface area contributed by atoms with Crippen molar-refractivity contribution in [3.63, 3.8) is 0 Å². The van der Waals surface area contributed by atoms with Crippen LogP contribution in [0.25, 0.3) is 16.9 Å². The van der Waals surface area contributed by atoms with Gasteiger partial charge < -0.3 is 19.2 Å². The van der Waals surface area contributed by atoms with Gasteiger partial charge in [-0.15, -0.1) is 11.8 Å². The van der Waals surface area contributed by atoms with Crippen LogP contribution in [0.4, 0.5) is 5.82 Å². The Labute approximate surface area is 259 Å². The maximum Gasteiger partial charge on any atom is 0.240 e. The number of ether oxygens (including phenoxy) is 2. The minimum absolute atomic E-state index is 0.132. The quantitative estimate of drug-likeness (QED) is 0.221. The fourth-order valence-corrected chi connectivity index (χ4v) is 6.57. The van der Waals surface area contributed by atoms with E-state index >= 15 is 0 Å². The average Bonchev–Trinajstić information content (AvgIpc) is 3.69. The topological polar surface area (TPSA) is 98.8 Å². The van der Waals surface area contributed by atoms with Gasteiger partial charge in [0.05, 0.1) is 49.4 Å². The summed E-state index contributed by atoms with van der Waals surface area (Å²) in [5.41, 5.74) is 5.06. The molecular formula is C34H32N4O5S. The number of benzene rings is 3. The van der Waals surface area contributed by atoms with Crippen LogP contribution in [0.15, 0.2) is 95.6 Å². The van der Waals surface area contributed by atoms with Gasteiger partial charge >= 0.3 is 0 Å². The number of rotatable bonds is 9. The van der Waals surface area contributed by atoms with E-state index < -0.39 is 0 Å². The Hall–Kier alpha value is -4.96. The van der Waals surface area contributed by atoms with E-state index in [1.54, 1.807) is 42.2 Å². The lowest BCUT2D eigenvalue weighted by atomic mass is 9.98. The molecule has 0 aliphatic carbocycles. The maximum atomic E-state index is 14.0. The van der Waals surface area contributed by atoms with Crippen LogP contribution in [0.3, 0.4) is 0 Å². The second-order valence-electron chi connectivity index (χ2n) is 10.3. The Morgan fingerprint density at radius 1 is 1.02 bits per heavy atom. The number of furan rings is 1. The molecular weight excluding hydrogens is 576 g/mol. The third-order valence-electron chi connectivity index (χ3n) is 7.44. The van der Waals surface area contributed by atoms with Gasteiger partial charge in [0.2, 0.25) is 11.8 Å². The van der Waals surface area contributed by atoms with Gasteiger partial charge in [0.1, 0.15) is 29.6 Å². The van der Waals surface area contributed by atoms with Gasteiger partial charge in [-0.2, -0.15) is 5.10 Å². The van der Waals surface area contributed by atoms with Crippen LogP contribution >= 0.6 is 11.8 Å². The van der Waals surface area contributed by atoms with Crippen LogP contribution in [0.5, 0.6) is 11.5 Å². The molecule has 3 aromatic carbocycles. The molecule has 2 aromatic heterocycles. The number of aryl methyl sites for hydroxylation is 1. The first-order chi connectivity index (χ1) is 21.5. The van der Waals surface area contributed by atoms with Crippen molar-refractivity contribution in [3.8, 4) is 28.4 Å². The van der Waals surface area contributed by atoms with E-state index in [2.05, 4.69) is 5.32 Å². The van der Waals surface area contributed by atoms with Crippen molar-refractivity contribution in [2.75, 3.05) is 31.4 Å². The number of hydrogen-bond donors (Lipinski definition) is 1. The molecule has 10 heteroatoms. The maximum absolute atomic E-state index is 14.0. The third kappa shape index (κ3) is 5.80. The van der Waals surface area contributed by atoms with Crippen molar-refractivity contribution in [2.45, 2.75) is 18.7 Å². The van der Waals surface area contributed by atoms with Crippen LogP contribution in [-0.4, -0.2) is 48.1 Å². The molecule has 3 heterocycles. The molecule has 0 fully saturated rings. The second kappa shape index (κ2) is 12.7. The lowest BCUT2D eigenvalue weighted by Gasteiger charge is -2.23. The largest absolute Gasteiger partial charge is 0.497 e. The predicted molar refractivity (Wildman–Crippen MR) is 170 cm³/mol. The average molecular weight is 609 g/mol. The van der Waals surface area contributed by atoms with Crippen LogP contribution < -0.4 is 19.7 Å². The zero-order valence-corrected chi connectivity index (χ0v) is 25.5. The number of carbonyl (C=O) groups is 2. The first kappa shape index (κ1) is 29.1. The number of nitrogens with zero attached hydrogens (tertiary/aromatic N) is 3. The zero-order chi connectivity index (χ0) is 30.6. The molecule has 5 aromatic rings. The Balaban J connectivity index is 1.57. The van der Waals surface area contributed by atoms with Crippen LogP contribution in [0, 0.1) is 6.92 Å². The standard InChI is InChI=1S/C34H32N4O5S/c1-22-9-7-12-24(17-22)38-34-31(32(36-38)23-10-5-4-6-11-23)33(27-18-25(41-2)14-15-28(27)42-3)44-21-30(40)37(34)20-29(39)35-19-26-13-8-16-43-26/h4-18,33H,19-21H2,1-3H3,(H,35,39)/t33-/m0/s1. The summed E-state index contributed by atoms with van der Waals surface area (Å²) < 4.78 is 18.6. The van der Waals surface area contributed by atoms with E-state index in [1.807, 2.05) is 79.7 Å². The summed E-state index contributed by atoms with van der Waals surface area (Å²) in [6.07, 6.45) is 1.56. The highest BCUT2D eigenvalue weighted by Crippen LogP contribution is 2.51. The molecule has 0 saturated carbocycles. The fourth-order valence-electron chi connectivity index (χ4n) is 5.36. The van der Waals surface area contributed by atoms with Gasteiger partial charge in [0.25, 0.3) is 0 Å². The molecule has 1 aliphatic rings. The molecule has 0 radical (unpaired) electrons. The normalized spacial score (nSPS) is 14.6. The molecule has 2 amide bonds. The molecule has 1 aliphatic heterocycles. The van der Waals surface area contributed by atoms with Crippen molar-refractivity contribution in [3.05, 3.63) is 114 Å². The van der Waals surface area contributed by atoms with E-state index in [9.17, 15) is 9.59 Å². The lowest BCUT2D eigenvalue weighted by Crippen LogP contribution is -2.42. The van der Waals surface area contributed by atoms with Crippen molar-refractivity contribution in [1.82, 2.24) is 15.1 Å². The minimum atomic E-state index is -0.371. The molecule has 0 spiro atoms. The van der Waals surface area contributed by atoms with Crippen molar-refractivity contribution < 1.29 is 23.5 Å². The molecule has 0 bridgehead atoms. The smallest absolute Gasteiger partial charge is 0.240 e. The zero-order valence-electron chi connectivity index (χ0n) is 24.7. The number of aromatic nitrogens is 2. The SMILES string of the molecule is COc1ccc(OC)c([C@@H]2SCC(=O)N(CC(=O)NCc3ccco3)c3c2c(-c2ccccc2)nn3-c2cccc(C)c2)c1. The van der Waals surface area contributed by atoms with Gasteiger partial charge in [-0.05, 0) is 55.0 Å². The fraction of sp³-hybridized carbons (Fsp3) is 0.206. The Morgan fingerprint density at radius 2 is 1.86 bits per heavy atom. The number of hydrogen-bond acceptors (Lipinski definition) is 7. The number of fused-ring (bicyclic) bond motifs is 1.